The number of hydrogen-bond donors (Lipinski definition) is 9. The molecule has 29 heteroatoms. The maximum atomic E-state index is 12.7. The number of nitrogens with two attached hydrogens (primary N) is 1. The highest BCUT2D eigenvalue weighted by atomic mass is 32.2. The molecule has 1 aliphatic heterocycles. The van der Waals surface area contributed by atoms with Crippen LogP contribution in [0.5, 0.6) is 0 Å². The number of nitrogens with one attached hydrogen (secondary N) is 2. The number of nitrogens with zero attached hydrogens (tertiary/aromatic N) is 4. The standard InChI is InChI=1S/C38H66N7O18P3S/c1-25(2)14-12-10-8-6-5-7-9-11-13-15-26(46)20-29(48)67-19-18-40-28(47)16-17-41-36(51)33(50)38(3,4)22-60-66(57,58)63-65(55,56)59-21-27-32(62-64(52,53)54)31(49)37(61-27)45-24-44-30-34(39)42-23-43-35(30)45/h23-25,27,31-33,37,49-50H,5-22H2,1-4H3,(H,40,47)(H,41,51)(H,55,56)(H,57,58)(H2,39,42,43)(H2,52,53,54)/t27-,31-,32-,33+,37-/m0/s1. The Morgan fingerprint density at radius 3 is 2.16 bits per heavy atom. The Bertz CT molecular complexity index is 2080. The quantitative estimate of drug-likeness (QED) is 0.0280. The Balaban J connectivity index is 1.32. The summed E-state index contributed by atoms with van der Waals surface area (Å²) in [5.41, 5.74) is 4.24. The van der Waals surface area contributed by atoms with E-state index in [2.05, 4.69) is 48.3 Å². The van der Waals surface area contributed by atoms with Crippen LogP contribution in [0.25, 0.3) is 11.2 Å². The number of hydrogen-bond acceptors (Lipinski definition) is 19. The first-order valence-corrected chi connectivity index (χ1v) is 27.4. The molecule has 2 aromatic rings. The summed E-state index contributed by atoms with van der Waals surface area (Å²) in [6.07, 6.45) is 4.69. The molecular weight excluding hydrogens is 967 g/mol. The Labute approximate surface area is 392 Å². The van der Waals surface area contributed by atoms with Crippen molar-refractivity contribution in [2.45, 2.75) is 142 Å². The number of ether oxygens (including phenoxy) is 1. The van der Waals surface area contributed by atoms with E-state index in [1.807, 2.05) is 0 Å². The zero-order valence-corrected chi connectivity index (χ0v) is 41.5. The average Bonchev–Trinajstić information content (AvgIpc) is 3.79. The number of anilines is 1. The lowest BCUT2D eigenvalue weighted by atomic mass is 9.87. The number of aromatic nitrogens is 4. The second-order valence-corrected chi connectivity index (χ2v) is 22.5. The number of aliphatic hydroxyl groups is 2. The van der Waals surface area contributed by atoms with Crippen molar-refractivity contribution in [2.24, 2.45) is 11.3 Å². The fourth-order valence-corrected chi connectivity index (χ4v) is 10.2. The van der Waals surface area contributed by atoms with Gasteiger partial charge in [-0.25, -0.2) is 28.6 Å². The van der Waals surface area contributed by atoms with Crippen molar-refractivity contribution in [1.82, 2.24) is 30.2 Å². The summed E-state index contributed by atoms with van der Waals surface area (Å²) in [6.45, 7) is 4.83. The molecule has 0 aliphatic carbocycles. The zero-order chi connectivity index (χ0) is 50.0. The Morgan fingerprint density at radius 1 is 0.896 bits per heavy atom. The van der Waals surface area contributed by atoms with Crippen molar-refractivity contribution in [3.05, 3.63) is 12.7 Å². The second kappa shape index (κ2) is 27.6. The molecule has 3 rings (SSSR count). The number of nitrogen functional groups attached to an aromatic ring is 1. The minimum Gasteiger partial charge on any atom is -0.386 e. The molecule has 0 spiro atoms. The third-order valence-corrected chi connectivity index (χ3v) is 14.3. The highest BCUT2D eigenvalue weighted by Crippen LogP contribution is 2.61. The molecule has 10 N–H and O–H groups in total. The fraction of sp³-hybridized carbons (Fsp3) is 0.763. The van der Waals surface area contributed by atoms with Gasteiger partial charge in [-0.15, -0.1) is 0 Å². The number of Topliss-reactive ketones (excluding diaryl/α,β-unsaturated/α-hetero) is 1. The third kappa shape index (κ3) is 21.4. The number of carbonyl (C=O) groups excluding carboxylic acids is 4. The van der Waals surface area contributed by atoms with Crippen LogP contribution in [0.1, 0.15) is 117 Å². The van der Waals surface area contributed by atoms with Gasteiger partial charge in [-0.2, -0.15) is 4.31 Å². The van der Waals surface area contributed by atoms with E-state index in [0.29, 0.717) is 6.42 Å². The number of carbonyl (C=O) groups is 4. The van der Waals surface area contributed by atoms with Crippen molar-refractivity contribution in [1.29, 1.82) is 0 Å². The molecular formula is C38H66N7O18P3S. The molecule has 2 aromatic heterocycles. The average molecular weight is 1030 g/mol. The van der Waals surface area contributed by atoms with Gasteiger partial charge >= 0.3 is 23.5 Å². The van der Waals surface area contributed by atoms with Gasteiger partial charge in [0.15, 0.2) is 22.8 Å². The molecule has 25 nitrogen and oxygen atoms in total. The first kappa shape index (κ1) is 58.5. The molecule has 0 radical (unpaired) electrons. The van der Waals surface area contributed by atoms with Gasteiger partial charge in [0, 0.05) is 37.1 Å². The fourth-order valence-electron chi connectivity index (χ4n) is 6.71. The van der Waals surface area contributed by atoms with E-state index in [4.69, 9.17) is 19.5 Å². The summed E-state index contributed by atoms with van der Waals surface area (Å²) in [5.74, 6) is -0.637. The van der Waals surface area contributed by atoms with Crippen LogP contribution in [0.15, 0.2) is 12.7 Å². The lowest BCUT2D eigenvalue weighted by Crippen LogP contribution is -2.46. The summed E-state index contributed by atoms with van der Waals surface area (Å²) in [7, 11) is -16.4. The van der Waals surface area contributed by atoms with Crippen molar-refractivity contribution >= 4 is 74.9 Å². The lowest BCUT2D eigenvalue weighted by molar-refractivity contribution is -0.137. The van der Waals surface area contributed by atoms with Gasteiger partial charge in [-0.1, -0.05) is 97.2 Å². The van der Waals surface area contributed by atoms with Crippen LogP contribution in [0.4, 0.5) is 5.82 Å². The predicted molar refractivity (Wildman–Crippen MR) is 242 cm³/mol. The number of ketones is 1. The van der Waals surface area contributed by atoms with Crippen LogP contribution in [0.2, 0.25) is 0 Å². The molecule has 0 saturated carbocycles. The molecule has 7 atom stereocenters. The summed E-state index contributed by atoms with van der Waals surface area (Å²) in [6, 6.07) is 0. The van der Waals surface area contributed by atoms with Gasteiger partial charge in [-0.3, -0.25) is 37.3 Å². The summed E-state index contributed by atoms with van der Waals surface area (Å²) >= 11 is 0.937. The highest BCUT2D eigenvalue weighted by molar-refractivity contribution is 8.13. The number of unbranched alkanes of at least 4 members (excludes halogenated alkanes) is 8. The number of phosphoric ester groups is 3. The van der Waals surface area contributed by atoms with Crippen LogP contribution in [-0.2, 0) is 55.5 Å². The highest BCUT2D eigenvalue weighted by Gasteiger charge is 2.50. The Morgan fingerprint density at radius 2 is 1.52 bits per heavy atom. The summed E-state index contributed by atoms with van der Waals surface area (Å²) < 4.78 is 62.4. The van der Waals surface area contributed by atoms with E-state index in [9.17, 15) is 62.7 Å². The van der Waals surface area contributed by atoms with Gasteiger partial charge in [0.1, 0.15) is 42.0 Å². The van der Waals surface area contributed by atoms with Gasteiger partial charge < -0.3 is 50.9 Å². The van der Waals surface area contributed by atoms with E-state index in [1.165, 1.54) is 52.4 Å². The van der Waals surface area contributed by atoms with Gasteiger partial charge in [-0.05, 0) is 12.3 Å². The Kier molecular flexibility index (Phi) is 24.1. The SMILES string of the molecule is CC(C)CCCCCCCCCCCC(=O)CC(=O)SCCNC(=O)CCNC(=O)[C@@H](O)C(C)(C)COP(=O)(O)OP(=O)(O)OC[C@@H]1O[C@H](n2cnc3c(N)ncnc32)[C@@H](O)[C@H]1OP(=O)(O)O. The van der Waals surface area contributed by atoms with Crippen LogP contribution in [0.3, 0.4) is 0 Å². The first-order chi connectivity index (χ1) is 31.3. The van der Waals surface area contributed by atoms with Crippen LogP contribution in [0, 0.1) is 11.3 Å². The maximum Gasteiger partial charge on any atom is 0.481 e. The Hall–Kier alpha value is -2.77. The molecule has 2 unspecified atom stereocenters. The van der Waals surface area contributed by atoms with E-state index < -0.39 is 84.6 Å². The number of aliphatic hydroxyl groups excluding tert-OH is 2. The number of rotatable bonds is 33. The molecule has 1 saturated heterocycles. The molecule has 1 aliphatic rings. The largest absolute Gasteiger partial charge is 0.481 e. The van der Waals surface area contributed by atoms with Gasteiger partial charge in [0.25, 0.3) is 0 Å². The first-order valence-electron chi connectivity index (χ1n) is 21.9. The minimum atomic E-state index is -5.59. The molecule has 2 amide bonds. The van der Waals surface area contributed by atoms with Crippen molar-refractivity contribution in [3.63, 3.8) is 0 Å². The van der Waals surface area contributed by atoms with Crippen molar-refractivity contribution in [2.75, 3.05) is 37.8 Å². The number of thioether (sulfide) groups is 1. The normalized spacial score (nSPS) is 20.1. The molecule has 3 heterocycles. The monoisotopic (exact) mass is 1030 g/mol. The zero-order valence-electron chi connectivity index (χ0n) is 38.0. The molecule has 0 aromatic carbocycles. The van der Waals surface area contributed by atoms with Gasteiger partial charge in [0.05, 0.1) is 26.0 Å². The van der Waals surface area contributed by atoms with Crippen molar-refractivity contribution in [3.8, 4) is 0 Å². The second-order valence-electron chi connectivity index (χ2n) is 17.1. The smallest absolute Gasteiger partial charge is 0.386 e. The number of phosphoric acid groups is 3. The summed E-state index contributed by atoms with van der Waals surface area (Å²) in [5, 5.41) is 26.2. The van der Waals surface area contributed by atoms with Crippen LogP contribution >= 0.6 is 35.2 Å². The van der Waals surface area contributed by atoms with Crippen LogP contribution < -0.4 is 16.4 Å². The van der Waals surface area contributed by atoms with E-state index >= 15 is 0 Å². The summed E-state index contributed by atoms with van der Waals surface area (Å²) in [4.78, 5) is 100. The van der Waals surface area contributed by atoms with E-state index in [1.54, 1.807) is 0 Å². The molecule has 67 heavy (non-hydrogen) atoms. The van der Waals surface area contributed by atoms with E-state index in [-0.39, 0.29) is 59.6 Å². The van der Waals surface area contributed by atoms with Crippen molar-refractivity contribution < 1.29 is 85.3 Å². The molecule has 382 valence electrons. The maximum absolute atomic E-state index is 12.7. The number of amides is 2. The van der Waals surface area contributed by atoms with Gasteiger partial charge in [0.2, 0.25) is 11.8 Å². The van der Waals surface area contributed by atoms with Crippen LogP contribution in [-0.4, -0.2) is 128 Å². The van der Waals surface area contributed by atoms with E-state index in [0.717, 1.165) is 60.6 Å². The topological polar surface area (TPSA) is 381 Å². The molecule has 0 bridgehead atoms. The lowest BCUT2D eigenvalue weighted by Gasteiger charge is -2.30. The number of fused-ring (bicyclic) bond motifs is 1. The third-order valence-electron chi connectivity index (χ3n) is 10.3. The predicted octanol–water partition coefficient (Wildman–Crippen LogP) is 3.57. The molecule has 1 fully saturated rings. The minimum absolute atomic E-state index is 0.0261. The number of imidazole rings is 1.